The summed E-state index contributed by atoms with van der Waals surface area (Å²) in [6, 6.07) is 17.6. The second kappa shape index (κ2) is 8.29. The first kappa shape index (κ1) is 18.9. The second-order valence-electron chi connectivity index (χ2n) is 6.64. The van der Waals surface area contributed by atoms with Crippen LogP contribution < -0.4 is 0 Å². The number of aromatic nitrogens is 1. The van der Waals surface area contributed by atoms with E-state index in [1.807, 2.05) is 53.1 Å². The van der Waals surface area contributed by atoms with E-state index in [2.05, 4.69) is 17.1 Å². The fourth-order valence-electron chi connectivity index (χ4n) is 3.42. The summed E-state index contributed by atoms with van der Waals surface area (Å²) in [6.45, 7) is 2.26. The molecule has 6 heteroatoms. The fourth-order valence-corrected chi connectivity index (χ4v) is 5.34. The lowest BCUT2D eigenvalue weighted by atomic mass is 10.1. The van der Waals surface area contributed by atoms with Crippen molar-refractivity contribution >= 4 is 34.8 Å². The Balaban J connectivity index is 1.63. The summed E-state index contributed by atoms with van der Waals surface area (Å²) in [4.78, 5) is 31.7. The van der Waals surface area contributed by atoms with Gasteiger partial charge in [-0.05, 0) is 12.5 Å². The van der Waals surface area contributed by atoms with E-state index in [1.54, 1.807) is 18.4 Å². The maximum atomic E-state index is 13.2. The summed E-state index contributed by atoms with van der Waals surface area (Å²) < 4.78 is 0. The number of amides is 1. The van der Waals surface area contributed by atoms with Gasteiger partial charge in [-0.2, -0.15) is 11.8 Å². The van der Waals surface area contributed by atoms with Gasteiger partial charge in [-0.15, -0.1) is 11.3 Å². The zero-order chi connectivity index (χ0) is 19.5. The van der Waals surface area contributed by atoms with E-state index in [0.29, 0.717) is 22.8 Å². The first-order valence-corrected chi connectivity index (χ1v) is 11.2. The predicted octanol–water partition coefficient (Wildman–Crippen LogP) is 4.94. The topological polar surface area (TPSA) is 50.3 Å². The zero-order valence-electron chi connectivity index (χ0n) is 15.5. The van der Waals surface area contributed by atoms with E-state index >= 15 is 0 Å². The Kier molecular flexibility index (Phi) is 5.59. The number of rotatable bonds is 4. The van der Waals surface area contributed by atoms with Crippen LogP contribution in [0.4, 0.5) is 0 Å². The molecule has 28 heavy (non-hydrogen) atoms. The Morgan fingerprint density at radius 2 is 1.82 bits per heavy atom. The summed E-state index contributed by atoms with van der Waals surface area (Å²) in [7, 11) is 0. The average Bonchev–Trinajstić information content (AvgIpc) is 3.24. The summed E-state index contributed by atoms with van der Waals surface area (Å²) in [6.07, 6.45) is 0. The average molecular weight is 409 g/mol. The molecule has 1 saturated heterocycles. The molecule has 1 unspecified atom stereocenters. The molecular formula is C22H20N2O2S2. The van der Waals surface area contributed by atoms with E-state index in [0.717, 1.165) is 22.6 Å². The third kappa shape index (κ3) is 3.75. The molecule has 1 aliphatic heterocycles. The van der Waals surface area contributed by atoms with Gasteiger partial charge in [-0.25, -0.2) is 4.98 Å². The van der Waals surface area contributed by atoms with E-state index in [4.69, 9.17) is 0 Å². The normalized spacial score (nSPS) is 16.8. The van der Waals surface area contributed by atoms with Gasteiger partial charge in [0.05, 0.1) is 6.04 Å². The number of carbonyl (C=O) groups excluding carboxylic acids is 2. The molecule has 1 fully saturated rings. The number of thioether (sulfide) groups is 1. The maximum absolute atomic E-state index is 13.2. The number of thiazole rings is 1. The quantitative estimate of drug-likeness (QED) is 0.574. The first-order chi connectivity index (χ1) is 13.6. The largest absolute Gasteiger partial charge is 0.329 e. The van der Waals surface area contributed by atoms with E-state index in [9.17, 15) is 9.59 Å². The number of hydrogen-bond donors (Lipinski definition) is 0. The van der Waals surface area contributed by atoms with Gasteiger partial charge in [0.2, 0.25) is 0 Å². The maximum Gasteiger partial charge on any atom is 0.273 e. The van der Waals surface area contributed by atoms with Crippen molar-refractivity contribution in [2.24, 2.45) is 0 Å². The van der Waals surface area contributed by atoms with Crippen LogP contribution >= 0.6 is 23.1 Å². The van der Waals surface area contributed by atoms with Gasteiger partial charge in [0.15, 0.2) is 5.78 Å². The Labute approximate surface area is 172 Å². The van der Waals surface area contributed by atoms with E-state index < -0.39 is 0 Å². The van der Waals surface area contributed by atoms with Crippen LogP contribution in [-0.4, -0.2) is 39.6 Å². The molecule has 0 spiro atoms. The van der Waals surface area contributed by atoms with Gasteiger partial charge in [0.25, 0.3) is 5.91 Å². The lowest BCUT2D eigenvalue weighted by Crippen LogP contribution is -2.40. The van der Waals surface area contributed by atoms with E-state index in [-0.39, 0.29) is 17.7 Å². The van der Waals surface area contributed by atoms with Gasteiger partial charge in [-0.3, -0.25) is 9.59 Å². The Morgan fingerprint density at radius 1 is 1.07 bits per heavy atom. The number of Topliss-reactive ketones (excluding diaryl/α,β-unsaturated/α-hetero) is 1. The van der Waals surface area contributed by atoms with Crippen molar-refractivity contribution in [1.29, 1.82) is 0 Å². The zero-order valence-corrected chi connectivity index (χ0v) is 17.1. The van der Waals surface area contributed by atoms with E-state index in [1.165, 1.54) is 11.3 Å². The molecule has 1 amide bonds. The molecule has 142 valence electrons. The molecule has 1 atom stereocenters. The highest BCUT2D eigenvalue weighted by molar-refractivity contribution is 7.99. The molecule has 1 aromatic heterocycles. The van der Waals surface area contributed by atoms with Crippen LogP contribution in [0.2, 0.25) is 0 Å². The SMILES string of the molecule is CC(=O)c1ccccc1-c1nc(C(=O)N2CCSCC2c2ccccc2)cs1. The molecule has 2 heterocycles. The predicted molar refractivity (Wildman–Crippen MR) is 115 cm³/mol. The highest BCUT2D eigenvalue weighted by Gasteiger charge is 2.30. The van der Waals surface area contributed by atoms with Crippen LogP contribution in [0.5, 0.6) is 0 Å². The number of nitrogens with zero attached hydrogens (tertiary/aromatic N) is 2. The molecule has 0 aliphatic carbocycles. The summed E-state index contributed by atoms with van der Waals surface area (Å²) >= 11 is 3.28. The minimum atomic E-state index is -0.0445. The van der Waals surface area contributed by atoms with Crippen LogP contribution in [0.25, 0.3) is 10.6 Å². The fraction of sp³-hybridized carbons (Fsp3) is 0.227. The molecule has 2 aromatic carbocycles. The van der Waals surface area contributed by atoms with Crippen LogP contribution in [-0.2, 0) is 0 Å². The summed E-state index contributed by atoms with van der Waals surface area (Å²) in [5.41, 5.74) is 3.02. The third-order valence-corrected chi connectivity index (χ3v) is 6.73. The molecule has 1 aliphatic rings. The van der Waals surface area contributed by atoms with Gasteiger partial charge >= 0.3 is 0 Å². The van der Waals surface area contributed by atoms with Crippen LogP contribution in [0, 0.1) is 0 Å². The summed E-state index contributed by atoms with van der Waals surface area (Å²) in [5.74, 6) is 1.77. The Bertz CT molecular complexity index is 1000. The van der Waals surface area contributed by atoms with Crippen molar-refractivity contribution in [2.45, 2.75) is 13.0 Å². The number of hydrogen-bond acceptors (Lipinski definition) is 5. The van der Waals surface area contributed by atoms with Crippen molar-refractivity contribution in [3.8, 4) is 10.6 Å². The Hall–Kier alpha value is -2.44. The minimum Gasteiger partial charge on any atom is -0.329 e. The summed E-state index contributed by atoms with van der Waals surface area (Å²) in [5, 5.41) is 2.51. The number of carbonyl (C=O) groups is 2. The van der Waals surface area contributed by atoms with Gasteiger partial charge < -0.3 is 4.90 Å². The molecule has 0 N–H and O–H groups in total. The first-order valence-electron chi connectivity index (χ1n) is 9.14. The van der Waals surface area contributed by atoms with Crippen molar-refractivity contribution < 1.29 is 9.59 Å². The standard InChI is InChI=1S/C22H20N2O2S2/c1-15(25)17-9-5-6-10-18(17)21-23-19(13-28-21)22(26)24-11-12-27-14-20(24)16-7-3-2-4-8-16/h2-10,13,20H,11-12,14H2,1H3. The van der Waals surface area contributed by atoms with Crippen molar-refractivity contribution in [1.82, 2.24) is 9.88 Å². The minimum absolute atomic E-state index is 0.00382. The highest BCUT2D eigenvalue weighted by atomic mass is 32.2. The van der Waals surface area contributed by atoms with Gasteiger partial charge in [0, 0.05) is 34.6 Å². The van der Waals surface area contributed by atoms with Crippen molar-refractivity contribution in [3.63, 3.8) is 0 Å². The number of ketones is 1. The number of benzene rings is 2. The smallest absolute Gasteiger partial charge is 0.273 e. The lowest BCUT2D eigenvalue weighted by Gasteiger charge is -2.35. The third-order valence-electron chi connectivity index (χ3n) is 4.83. The molecule has 0 bridgehead atoms. The monoisotopic (exact) mass is 408 g/mol. The Morgan fingerprint density at radius 3 is 2.61 bits per heavy atom. The molecule has 4 nitrogen and oxygen atoms in total. The van der Waals surface area contributed by atoms with Crippen LogP contribution in [0.3, 0.4) is 0 Å². The van der Waals surface area contributed by atoms with Crippen LogP contribution in [0.15, 0.2) is 60.0 Å². The molecule has 0 saturated carbocycles. The van der Waals surface area contributed by atoms with Gasteiger partial charge in [0.1, 0.15) is 10.7 Å². The lowest BCUT2D eigenvalue weighted by molar-refractivity contribution is 0.0696. The molecular weight excluding hydrogens is 388 g/mol. The van der Waals surface area contributed by atoms with Crippen LogP contribution in [0.1, 0.15) is 39.4 Å². The highest BCUT2D eigenvalue weighted by Crippen LogP contribution is 2.32. The molecule has 0 radical (unpaired) electrons. The molecule has 3 aromatic rings. The van der Waals surface area contributed by atoms with Crippen molar-refractivity contribution in [3.05, 3.63) is 76.8 Å². The van der Waals surface area contributed by atoms with Gasteiger partial charge in [-0.1, -0.05) is 54.6 Å². The second-order valence-corrected chi connectivity index (χ2v) is 8.65. The molecule has 4 rings (SSSR count). The van der Waals surface area contributed by atoms with Crippen molar-refractivity contribution in [2.75, 3.05) is 18.1 Å².